The van der Waals surface area contributed by atoms with E-state index in [0.29, 0.717) is 0 Å². The summed E-state index contributed by atoms with van der Waals surface area (Å²) < 4.78 is 6.88. The Morgan fingerprint density at radius 2 is 0.938 bits per heavy atom. The van der Waals surface area contributed by atoms with E-state index < -0.39 is 5.41 Å². The van der Waals surface area contributed by atoms with Gasteiger partial charge in [-0.15, -0.1) is 0 Å². The molecule has 2 heteroatoms. The molecule has 1 atom stereocenters. The monoisotopic (exact) mass is 817 g/mol. The van der Waals surface area contributed by atoms with E-state index in [1.165, 1.54) is 77.9 Å². The molecule has 13 rings (SSSR count). The van der Waals surface area contributed by atoms with Crippen LogP contribution in [0.4, 0.5) is 17.1 Å². The molecule has 0 saturated heterocycles. The molecule has 1 spiro atoms. The normalized spacial score (nSPS) is 15.5. The number of nitrogens with zero attached hydrogens (tertiary/aromatic N) is 1. The second kappa shape index (κ2) is 13.8. The van der Waals surface area contributed by atoms with Crippen LogP contribution in [0.1, 0.15) is 47.2 Å². The van der Waals surface area contributed by atoms with E-state index >= 15 is 0 Å². The molecule has 0 amide bonds. The largest absolute Gasteiger partial charge is 0.457 e. The summed E-state index contributed by atoms with van der Waals surface area (Å²) in [4.78, 5) is 2.50. The van der Waals surface area contributed by atoms with E-state index in [1.807, 2.05) is 0 Å². The number of rotatable bonds is 6. The van der Waals surface area contributed by atoms with Crippen LogP contribution in [0.5, 0.6) is 11.5 Å². The van der Waals surface area contributed by atoms with Crippen molar-refractivity contribution in [3.8, 4) is 56.0 Å². The molecule has 0 aromatic heterocycles. The van der Waals surface area contributed by atoms with Crippen molar-refractivity contribution in [3.05, 3.63) is 258 Å². The van der Waals surface area contributed by atoms with Gasteiger partial charge in [0.1, 0.15) is 11.5 Å². The molecular weight excluding hydrogens is 775 g/mol. The molecule has 0 aliphatic heterocycles. The van der Waals surface area contributed by atoms with E-state index in [0.717, 1.165) is 39.3 Å². The van der Waals surface area contributed by atoms with Gasteiger partial charge in [0.15, 0.2) is 0 Å². The molecule has 0 N–H and O–H groups in total. The number of ether oxygens (including phenoxy) is 1. The minimum Gasteiger partial charge on any atom is -0.457 e. The lowest BCUT2D eigenvalue weighted by molar-refractivity contribution is 0.487. The fourth-order valence-electron chi connectivity index (χ4n) is 11.5. The second-order valence-corrected chi connectivity index (χ2v) is 18.0. The first-order chi connectivity index (χ1) is 31.5. The minimum absolute atomic E-state index is 0.150. The lowest BCUT2D eigenvalue weighted by Crippen LogP contribution is -2.26. The summed E-state index contributed by atoms with van der Waals surface area (Å²) in [7, 11) is 0. The van der Waals surface area contributed by atoms with E-state index in [2.05, 4.69) is 243 Å². The van der Waals surface area contributed by atoms with Gasteiger partial charge in [0.25, 0.3) is 0 Å². The maximum atomic E-state index is 6.88. The summed E-state index contributed by atoms with van der Waals surface area (Å²) >= 11 is 0. The summed E-state index contributed by atoms with van der Waals surface area (Å²) in [6.45, 7) is 4.74. The van der Waals surface area contributed by atoms with Crippen LogP contribution in [0.15, 0.2) is 224 Å². The molecule has 0 fully saturated rings. The Labute approximate surface area is 374 Å². The zero-order valence-electron chi connectivity index (χ0n) is 35.7. The Morgan fingerprint density at radius 3 is 1.75 bits per heavy atom. The SMILES string of the molecule is CC1(C)c2ccccc2-c2ccc(N(c3ccc(-c4ccccc4)cc3)c3cccc4c3-c3ccccc3C43c4ccccc4-c4ccc(Oc5cccc6ccccc56)cc43)cc21. The first kappa shape index (κ1) is 36.7. The summed E-state index contributed by atoms with van der Waals surface area (Å²) in [6.07, 6.45) is 0. The number of fused-ring (bicyclic) bond motifs is 14. The van der Waals surface area contributed by atoms with Crippen LogP contribution in [0.2, 0.25) is 0 Å². The average molecular weight is 818 g/mol. The standard InChI is InChI=1S/C62H43NO/c1-61(2)52-24-11-8-21-47(52)49-36-34-44(38-56(49)61)63(43-32-30-41(31-33-43)40-16-4-3-5-17-40)58-28-15-27-55-60(58)51-23-10-13-26-54(51)62(55)53-25-12-9-22-48(53)50-37-35-45(39-57(50)62)64-59-29-14-19-42-18-6-7-20-46(42)59/h3-39H,1-2H3. The van der Waals surface area contributed by atoms with Gasteiger partial charge in [-0.25, -0.2) is 0 Å². The van der Waals surface area contributed by atoms with Gasteiger partial charge >= 0.3 is 0 Å². The van der Waals surface area contributed by atoms with Crippen molar-refractivity contribution < 1.29 is 4.74 Å². The average Bonchev–Trinajstić information content (AvgIpc) is 3.91. The van der Waals surface area contributed by atoms with Crippen molar-refractivity contribution >= 4 is 27.8 Å². The summed E-state index contributed by atoms with van der Waals surface area (Å²) in [5, 5.41) is 2.26. The van der Waals surface area contributed by atoms with Gasteiger partial charge in [0.05, 0.1) is 11.1 Å². The van der Waals surface area contributed by atoms with Crippen molar-refractivity contribution in [2.45, 2.75) is 24.7 Å². The predicted molar refractivity (Wildman–Crippen MR) is 264 cm³/mol. The highest BCUT2D eigenvalue weighted by Crippen LogP contribution is 2.65. The van der Waals surface area contributed by atoms with Gasteiger partial charge in [-0.1, -0.05) is 190 Å². The molecular formula is C62H43NO. The Balaban J connectivity index is 1.04. The molecule has 10 aromatic carbocycles. The van der Waals surface area contributed by atoms with Crippen LogP contribution in [0.3, 0.4) is 0 Å². The Kier molecular flexibility index (Phi) is 7.90. The molecule has 3 aliphatic carbocycles. The molecule has 1 unspecified atom stereocenters. The highest BCUT2D eigenvalue weighted by atomic mass is 16.5. The van der Waals surface area contributed by atoms with Gasteiger partial charge in [0, 0.05) is 27.7 Å². The number of anilines is 3. The van der Waals surface area contributed by atoms with E-state index in [9.17, 15) is 0 Å². The maximum Gasteiger partial charge on any atom is 0.135 e. The smallest absolute Gasteiger partial charge is 0.135 e. The zero-order valence-corrected chi connectivity index (χ0v) is 35.7. The third kappa shape index (κ3) is 5.14. The molecule has 0 radical (unpaired) electrons. The number of hydrogen-bond acceptors (Lipinski definition) is 2. The van der Waals surface area contributed by atoms with E-state index in [4.69, 9.17) is 4.74 Å². The van der Waals surface area contributed by atoms with Gasteiger partial charge < -0.3 is 9.64 Å². The third-order valence-electron chi connectivity index (χ3n) is 14.3. The molecule has 0 heterocycles. The fraction of sp³-hybridized carbons (Fsp3) is 0.0645. The molecule has 2 nitrogen and oxygen atoms in total. The van der Waals surface area contributed by atoms with Crippen LogP contribution in [-0.4, -0.2) is 0 Å². The lowest BCUT2D eigenvalue weighted by Gasteiger charge is -2.32. The van der Waals surface area contributed by atoms with Gasteiger partial charge in [-0.2, -0.15) is 0 Å². The molecule has 302 valence electrons. The predicted octanol–water partition coefficient (Wildman–Crippen LogP) is 16.4. The van der Waals surface area contributed by atoms with E-state index in [-0.39, 0.29) is 5.41 Å². The van der Waals surface area contributed by atoms with Gasteiger partial charge in [0.2, 0.25) is 0 Å². The van der Waals surface area contributed by atoms with E-state index in [1.54, 1.807) is 0 Å². The zero-order chi connectivity index (χ0) is 42.6. The van der Waals surface area contributed by atoms with Crippen molar-refractivity contribution in [1.82, 2.24) is 0 Å². The Morgan fingerprint density at radius 1 is 0.375 bits per heavy atom. The number of benzene rings is 10. The van der Waals surface area contributed by atoms with Crippen LogP contribution in [0, 0.1) is 0 Å². The lowest BCUT2D eigenvalue weighted by atomic mass is 9.70. The van der Waals surface area contributed by atoms with Gasteiger partial charge in [-0.3, -0.25) is 0 Å². The van der Waals surface area contributed by atoms with Crippen molar-refractivity contribution in [1.29, 1.82) is 0 Å². The molecule has 0 saturated carbocycles. The first-order valence-corrected chi connectivity index (χ1v) is 22.3. The maximum absolute atomic E-state index is 6.88. The summed E-state index contributed by atoms with van der Waals surface area (Å²) in [6, 6.07) is 82.4. The van der Waals surface area contributed by atoms with Crippen molar-refractivity contribution in [3.63, 3.8) is 0 Å². The molecule has 0 bridgehead atoms. The Hall–Kier alpha value is -7.94. The molecule has 3 aliphatic rings. The van der Waals surface area contributed by atoms with Crippen molar-refractivity contribution in [2.24, 2.45) is 0 Å². The molecule has 64 heavy (non-hydrogen) atoms. The van der Waals surface area contributed by atoms with Crippen LogP contribution in [-0.2, 0) is 10.8 Å². The highest BCUT2D eigenvalue weighted by molar-refractivity contribution is 6.02. The third-order valence-corrected chi connectivity index (χ3v) is 14.3. The number of hydrogen-bond donors (Lipinski definition) is 0. The van der Waals surface area contributed by atoms with Crippen LogP contribution in [0.25, 0.3) is 55.3 Å². The second-order valence-electron chi connectivity index (χ2n) is 18.0. The fourth-order valence-corrected chi connectivity index (χ4v) is 11.5. The first-order valence-electron chi connectivity index (χ1n) is 22.3. The minimum atomic E-state index is -0.573. The van der Waals surface area contributed by atoms with Crippen LogP contribution >= 0.6 is 0 Å². The topological polar surface area (TPSA) is 12.5 Å². The quantitative estimate of drug-likeness (QED) is 0.166. The summed E-state index contributed by atoms with van der Waals surface area (Å²) in [5.41, 5.74) is 20.5. The van der Waals surface area contributed by atoms with Crippen molar-refractivity contribution in [2.75, 3.05) is 4.90 Å². The van der Waals surface area contributed by atoms with Crippen LogP contribution < -0.4 is 9.64 Å². The molecule has 10 aromatic rings. The van der Waals surface area contributed by atoms with Gasteiger partial charge in [-0.05, 0) is 126 Å². The summed E-state index contributed by atoms with van der Waals surface area (Å²) in [5.74, 6) is 1.68. The highest BCUT2D eigenvalue weighted by Gasteiger charge is 2.52. The Bertz CT molecular complexity index is 3500.